The summed E-state index contributed by atoms with van der Waals surface area (Å²) >= 11 is 0. The van der Waals surface area contributed by atoms with Crippen LogP contribution in [0.5, 0.6) is 0 Å². The lowest BCUT2D eigenvalue weighted by Crippen LogP contribution is -2.60. The van der Waals surface area contributed by atoms with E-state index in [1.807, 2.05) is 6.92 Å². The molecule has 0 aromatic rings. The predicted molar refractivity (Wildman–Crippen MR) is 51.4 cm³/mol. The molecule has 1 unspecified atom stereocenters. The van der Waals surface area contributed by atoms with Gasteiger partial charge in [0.05, 0.1) is 11.2 Å². The van der Waals surface area contributed by atoms with E-state index in [0.29, 0.717) is 5.92 Å². The van der Waals surface area contributed by atoms with E-state index in [9.17, 15) is 10.2 Å². The van der Waals surface area contributed by atoms with E-state index in [2.05, 4.69) is 0 Å². The van der Waals surface area contributed by atoms with E-state index in [0.717, 1.165) is 38.5 Å². The summed E-state index contributed by atoms with van der Waals surface area (Å²) in [6, 6.07) is 0. The first-order valence-corrected chi connectivity index (χ1v) is 5.51. The highest BCUT2D eigenvalue weighted by molar-refractivity contribution is 5.05. The largest absolute Gasteiger partial charge is 0.387 e. The van der Waals surface area contributed by atoms with E-state index in [1.54, 1.807) is 0 Å². The third-order valence-corrected chi connectivity index (χ3v) is 4.18. The van der Waals surface area contributed by atoms with Crippen LogP contribution < -0.4 is 0 Å². The van der Waals surface area contributed by atoms with Crippen molar-refractivity contribution < 1.29 is 10.2 Å². The topological polar surface area (TPSA) is 40.5 Å². The highest BCUT2D eigenvalue weighted by Crippen LogP contribution is 2.48. The summed E-state index contributed by atoms with van der Waals surface area (Å²) in [5.74, 6) is 0.352. The molecule has 0 aromatic carbocycles. The zero-order chi connectivity index (χ0) is 9.53. The Bertz CT molecular complexity index is 198. The van der Waals surface area contributed by atoms with Crippen LogP contribution in [0, 0.1) is 5.92 Å². The molecule has 0 radical (unpaired) electrons. The van der Waals surface area contributed by atoms with Crippen molar-refractivity contribution in [2.75, 3.05) is 0 Å². The summed E-state index contributed by atoms with van der Waals surface area (Å²) < 4.78 is 0. The molecule has 2 saturated carbocycles. The van der Waals surface area contributed by atoms with Gasteiger partial charge in [0.2, 0.25) is 0 Å². The minimum atomic E-state index is -0.837. The Balaban J connectivity index is 2.24. The zero-order valence-corrected chi connectivity index (χ0v) is 8.42. The highest BCUT2D eigenvalue weighted by atomic mass is 16.4. The van der Waals surface area contributed by atoms with Gasteiger partial charge in [-0.3, -0.25) is 0 Å². The molecule has 2 rings (SSSR count). The molecule has 2 heteroatoms. The van der Waals surface area contributed by atoms with Crippen LogP contribution in [0.1, 0.15) is 51.9 Å². The molecule has 0 bridgehead atoms. The molecule has 0 amide bonds. The van der Waals surface area contributed by atoms with Gasteiger partial charge in [-0.2, -0.15) is 0 Å². The summed E-state index contributed by atoms with van der Waals surface area (Å²) in [6.45, 7) is 1.81. The van der Waals surface area contributed by atoms with Crippen LogP contribution in [0.4, 0.5) is 0 Å². The second kappa shape index (κ2) is 2.96. The van der Waals surface area contributed by atoms with Gasteiger partial charge in [-0.25, -0.2) is 0 Å². The molecule has 76 valence electrons. The van der Waals surface area contributed by atoms with Crippen molar-refractivity contribution in [3.63, 3.8) is 0 Å². The van der Waals surface area contributed by atoms with Crippen molar-refractivity contribution in [2.24, 2.45) is 5.92 Å². The number of hydrogen-bond donors (Lipinski definition) is 2. The molecule has 2 fully saturated rings. The fraction of sp³-hybridized carbons (Fsp3) is 1.00. The summed E-state index contributed by atoms with van der Waals surface area (Å²) in [7, 11) is 0. The first-order chi connectivity index (χ1) is 6.06. The van der Waals surface area contributed by atoms with Crippen molar-refractivity contribution in [3.8, 4) is 0 Å². The van der Waals surface area contributed by atoms with Crippen LogP contribution in [0.3, 0.4) is 0 Å². The second-order valence-corrected chi connectivity index (χ2v) is 5.03. The van der Waals surface area contributed by atoms with Crippen LogP contribution in [0.25, 0.3) is 0 Å². The van der Waals surface area contributed by atoms with Crippen molar-refractivity contribution in [1.29, 1.82) is 0 Å². The number of hydrogen-bond acceptors (Lipinski definition) is 2. The molecule has 0 aromatic heterocycles. The monoisotopic (exact) mass is 184 g/mol. The minimum Gasteiger partial charge on any atom is -0.387 e. The fourth-order valence-electron chi connectivity index (χ4n) is 3.23. The highest BCUT2D eigenvalue weighted by Gasteiger charge is 2.53. The molecule has 0 aliphatic heterocycles. The maximum Gasteiger partial charge on any atom is 0.0958 e. The van der Waals surface area contributed by atoms with Crippen molar-refractivity contribution in [1.82, 2.24) is 0 Å². The molecule has 0 spiro atoms. The van der Waals surface area contributed by atoms with Gasteiger partial charge >= 0.3 is 0 Å². The van der Waals surface area contributed by atoms with Gasteiger partial charge in [0.25, 0.3) is 0 Å². The molecule has 2 aliphatic rings. The van der Waals surface area contributed by atoms with Crippen molar-refractivity contribution in [2.45, 2.75) is 63.1 Å². The minimum absolute atomic E-state index is 0.352. The van der Waals surface area contributed by atoms with Crippen LogP contribution in [-0.2, 0) is 0 Å². The average molecular weight is 184 g/mol. The lowest BCUT2D eigenvalue weighted by molar-refractivity contribution is -0.208. The molecular formula is C11H20O2. The average Bonchev–Trinajstić information content (AvgIpc) is 2.06. The first-order valence-electron chi connectivity index (χ1n) is 5.51. The Labute approximate surface area is 80.0 Å². The summed E-state index contributed by atoms with van der Waals surface area (Å²) in [5, 5.41) is 20.6. The van der Waals surface area contributed by atoms with E-state index in [1.165, 1.54) is 6.42 Å². The third-order valence-electron chi connectivity index (χ3n) is 4.18. The zero-order valence-electron chi connectivity index (χ0n) is 8.42. The summed E-state index contributed by atoms with van der Waals surface area (Å²) in [4.78, 5) is 0. The van der Waals surface area contributed by atoms with Gasteiger partial charge in [-0.05, 0) is 38.5 Å². The molecular weight excluding hydrogens is 164 g/mol. The molecule has 2 N–H and O–H groups in total. The number of aliphatic hydroxyl groups is 2. The van der Waals surface area contributed by atoms with Crippen molar-refractivity contribution >= 4 is 0 Å². The lowest BCUT2D eigenvalue weighted by atomic mass is 9.60. The van der Waals surface area contributed by atoms with Gasteiger partial charge < -0.3 is 10.2 Å². The SMILES string of the molecule is C[C@@]1(O)CCCC2CCCC[C@@]21O. The molecule has 2 aliphatic carbocycles. The second-order valence-electron chi connectivity index (χ2n) is 5.03. The number of fused-ring (bicyclic) bond motifs is 1. The van der Waals surface area contributed by atoms with Gasteiger partial charge in [0, 0.05) is 0 Å². The Hall–Kier alpha value is -0.0800. The molecule has 2 nitrogen and oxygen atoms in total. The Morgan fingerprint density at radius 2 is 1.69 bits per heavy atom. The van der Waals surface area contributed by atoms with E-state index < -0.39 is 11.2 Å². The molecule has 13 heavy (non-hydrogen) atoms. The van der Waals surface area contributed by atoms with Crippen molar-refractivity contribution in [3.05, 3.63) is 0 Å². The molecule has 0 saturated heterocycles. The molecule has 0 heterocycles. The third kappa shape index (κ3) is 1.31. The smallest absolute Gasteiger partial charge is 0.0958 e. The van der Waals surface area contributed by atoms with Crippen LogP contribution in [0.2, 0.25) is 0 Å². The van der Waals surface area contributed by atoms with Crippen LogP contribution in [0.15, 0.2) is 0 Å². The van der Waals surface area contributed by atoms with Gasteiger partial charge in [-0.1, -0.05) is 19.3 Å². The summed E-state index contributed by atoms with van der Waals surface area (Å²) in [5.41, 5.74) is -1.61. The van der Waals surface area contributed by atoms with Gasteiger partial charge in [0.15, 0.2) is 0 Å². The Morgan fingerprint density at radius 1 is 1.00 bits per heavy atom. The lowest BCUT2D eigenvalue weighted by Gasteiger charge is -2.52. The maximum absolute atomic E-state index is 10.5. The van der Waals surface area contributed by atoms with Crippen LogP contribution in [-0.4, -0.2) is 21.4 Å². The molecule has 3 atom stereocenters. The van der Waals surface area contributed by atoms with E-state index >= 15 is 0 Å². The first kappa shape index (κ1) is 9.47. The summed E-state index contributed by atoms with van der Waals surface area (Å²) in [6.07, 6.45) is 7.14. The van der Waals surface area contributed by atoms with E-state index in [4.69, 9.17) is 0 Å². The fourth-order valence-corrected chi connectivity index (χ4v) is 3.23. The van der Waals surface area contributed by atoms with E-state index in [-0.39, 0.29) is 0 Å². The predicted octanol–water partition coefficient (Wildman–Crippen LogP) is 1.84. The number of rotatable bonds is 0. The standard InChI is InChI=1S/C11H20O2/c1-10(12)7-4-6-9-5-2-3-8-11(9,10)13/h9,12-13H,2-8H2,1H3/t9?,10-,11-/m1/s1. The normalized spacial score (nSPS) is 51.5. The van der Waals surface area contributed by atoms with Gasteiger partial charge in [0.1, 0.15) is 0 Å². The Morgan fingerprint density at radius 3 is 2.38 bits per heavy atom. The maximum atomic E-state index is 10.5. The quantitative estimate of drug-likeness (QED) is 0.603. The Kier molecular flexibility index (Phi) is 2.16. The van der Waals surface area contributed by atoms with Crippen LogP contribution >= 0.6 is 0 Å². The van der Waals surface area contributed by atoms with Gasteiger partial charge in [-0.15, -0.1) is 0 Å².